The lowest BCUT2D eigenvalue weighted by Crippen LogP contribution is -2.38. The van der Waals surface area contributed by atoms with Crippen LogP contribution < -0.4 is 10.6 Å². The first-order valence-electron chi connectivity index (χ1n) is 8.18. The maximum absolute atomic E-state index is 13.7. The molecule has 0 amide bonds. The van der Waals surface area contributed by atoms with Crippen molar-refractivity contribution in [2.24, 2.45) is 10.1 Å². The van der Waals surface area contributed by atoms with Crippen LogP contribution in [0.4, 0.5) is 15.8 Å². The van der Waals surface area contributed by atoms with Crippen molar-refractivity contribution in [1.29, 1.82) is 5.26 Å². The normalized spacial score (nSPS) is 15.1. The Morgan fingerprint density at radius 2 is 2.11 bits per heavy atom. The van der Waals surface area contributed by atoms with Gasteiger partial charge in [0, 0.05) is 19.9 Å². The Morgan fingerprint density at radius 3 is 2.74 bits per heavy atom. The Morgan fingerprint density at radius 1 is 1.30 bits per heavy atom. The first kappa shape index (κ1) is 18.9. The van der Waals surface area contributed by atoms with Crippen LogP contribution in [0.5, 0.6) is 0 Å². The minimum atomic E-state index is -0.566. The molecule has 1 saturated carbocycles. The van der Waals surface area contributed by atoms with Crippen LogP contribution in [0.15, 0.2) is 52.6 Å². The topological polar surface area (TPSA) is 109 Å². The minimum absolute atomic E-state index is 0.260. The van der Waals surface area contributed by atoms with Gasteiger partial charge in [-0.05, 0) is 83.3 Å². The van der Waals surface area contributed by atoms with Gasteiger partial charge < -0.3 is 5.32 Å². The van der Waals surface area contributed by atoms with E-state index in [2.05, 4.69) is 43.3 Å². The summed E-state index contributed by atoms with van der Waals surface area (Å²) in [5.74, 6) is -0.0521. The van der Waals surface area contributed by atoms with E-state index in [0.29, 0.717) is 11.4 Å². The highest BCUT2D eigenvalue weighted by Gasteiger charge is 2.39. The van der Waals surface area contributed by atoms with E-state index in [9.17, 15) is 4.39 Å². The lowest BCUT2D eigenvalue weighted by molar-refractivity contribution is 0.255. The van der Waals surface area contributed by atoms with Crippen LogP contribution in [0, 0.1) is 20.8 Å². The second-order valence-electron chi connectivity index (χ2n) is 6.11. The number of guanidine groups is 1. The Bertz CT molecular complexity index is 972. The number of nitrogens with one attached hydrogen (secondary N) is 2. The summed E-state index contributed by atoms with van der Waals surface area (Å²) in [5, 5.41) is 18.3. The molecule has 9 heteroatoms. The maximum atomic E-state index is 13.7. The van der Waals surface area contributed by atoms with Gasteiger partial charge in [-0.25, -0.2) is 9.38 Å². The fraction of sp³-hybridized carbons (Fsp3) is 0.222. The summed E-state index contributed by atoms with van der Waals surface area (Å²) < 4.78 is 14.5. The van der Waals surface area contributed by atoms with Crippen LogP contribution in [0.3, 0.4) is 0 Å². The van der Waals surface area contributed by atoms with E-state index in [1.165, 1.54) is 12.1 Å². The van der Waals surface area contributed by atoms with Gasteiger partial charge in [0.25, 0.3) is 0 Å². The van der Waals surface area contributed by atoms with Gasteiger partial charge in [0.2, 0.25) is 5.96 Å². The largest absolute Gasteiger partial charge is 0.325 e. The molecule has 0 spiro atoms. The third-order valence-electron chi connectivity index (χ3n) is 4.35. The molecule has 0 aromatic heterocycles. The summed E-state index contributed by atoms with van der Waals surface area (Å²) in [5.41, 5.74) is 9.93. The third kappa shape index (κ3) is 4.48. The lowest BCUT2D eigenvalue weighted by Gasteiger charge is -2.39. The molecule has 2 aromatic carbocycles. The number of benzene rings is 2. The molecule has 0 bridgehead atoms. The van der Waals surface area contributed by atoms with Crippen molar-refractivity contribution in [2.45, 2.75) is 24.8 Å². The van der Waals surface area contributed by atoms with Crippen molar-refractivity contribution in [2.75, 3.05) is 5.32 Å². The number of aliphatic imine (C=N–C) groups is 1. The highest BCUT2D eigenvalue weighted by atomic mass is 127. The number of hydrogen-bond acceptors (Lipinski definition) is 3. The van der Waals surface area contributed by atoms with Gasteiger partial charge in [-0.2, -0.15) is 5.26 Å². The second kappa shape index (κ2) is 8.24. The van der Waals surface area contributed by atoms with Crippen LogP contribution in [0.25, 0.3) is 10.4 Å². The SMILES string of the molecule is N#CNC(=NC1(c2cccc(F)c2)CCC1)Nc1cc(I)cc(N=[N+]=[N-])c1. The zero-order valence-corrected chi connectivity index (χ0v) is 16.3. The van der Waals surface area contributed by atoms with Gasteiger partial charge >= 0.3 is 0 Å². The van der Waals surface area contributed by atoms with Crippen molar-refractivity contribution in [3.8, 4) is 6.19 Å². The minimum Gasteiger partial charge on any atom is -0.325 e. The molecule has 0 atom stereocenters. The van der Waals surface area contributed by atoms with Gasteiger partial charge in [0.1, 0.15) is 5.82 Å². The Kier molecular flexibility index (Phi) is 5.78. The first-order valence-corrected chi connectivity index (χ1v) is 9.26. The van der Waals surface area contributed by atoms with Crippen LogP contribution in [-0.4, -0.2) is 5.96 Å². The molecule has 2 N–H and O–H groups in total. The van der Waals surface area contributed by atoms with E-state index < -0.39 is 5.54 Å². The van der Waals surface area contributed by atoms with E-state index >= 15 is 0 Å². The number of nitrogens with zero attached hydrogens (tertiary/aromatic N) is 5. The zero-order valence-electron chi connectivity index (χ0n) is 14.2. The van der Waals surface area contributed by atoms with Gasteiger partial charge in [-0.1, -0.05) is 17.2 Å². The maximum Gasteiger partial charge on any atom is 0.210 e. The summed E-state index contributed by atoms with van der Waals surface area (Å²) in [6.07, 6.45) is 4.39. The number of rotatable bonds is 4. The van der Waals surface area contributed by atoms with Crippen LogP contribution in [0.1, 0.15) is 24.8 Å². The molecule has 1 aliphatic rings. The van der Waals surface area contributed by atoms with E-state index in [0.717, 1.165) is 28.4 Å². The number of hydrogen-bond donors (Lipinski definition) is 2. The fourth-order valence-electron chi connectivity index (χ4n) is 3.00. The van der Waals surface area contributed by atoms with E-state index in [-0.39, 0.29) is 11.8 Å². The van der Waals surface area contributed by atoms with E-state index in [1.54, 1.807) is 18.2 Å². The van der Waals surface area contributed by atoms with Gasteiger partial charge in [0.05, 0.1) is 5.54 Å². The first-order chi connectivity index (χ1) is 13.0. The second-order valence-corrected chi connectivity index (χ2v) is 7.35. The predicted molar refractivity (Wildman–Crippen MR) is 110 cm³/mol. The molecule has 0 saturated heterocycles. The number of azide groups is 1. The monoisotopic (exact) mass is 475 g/mol. The van der Waals surface area contributed by atoms with Crippen molar-refractivity contribution in [3.63, 3.8) is 0 Å². The Hall–Kier alpha value is -2.83. The molecule has 1 aliphatic carbocycles. The van der Waals surface area contributed by atoms with Gasteiger partial charge in [-0.3, -0.25) is 5.32 Å². The van der Waals surface area contributed by atoms with Crippen LogP contribution in [-0.2, 0) is 5.54 Å². The highest BCUT2D eigenvalue weighted by molar-refractivity contribution is 14.1. The number of halogens is 2. The molecular weight excluding hydrogens is 460 g/mol. The zero-order chi connectivity index (χ0) is 19.3. The number of nitriles is 1. The highest BCUT2D eigenvalue weighted by Crippen LogP contribution is 2.45. The summed E-state index contributed by atoms with van der Waals surface area (Å²) in [7, 11) is 0. The standard InChI is InChI=1S/C18H15FIN7/c19-13-4-1-3-12(7-13)18(5-2-6-18)25-17(23-11-21)24-15-8-14(20)9-16(10-15)26-27-22/h1,3-4,7-10H,2,5-6H2,(H2,23,24,25). The average molecular weight is 475 g/mol. The van der Waals surface area contributed by atoms with E-state index in [4.69, 9.17) is 15.8 Å². The predicted octanol–water partition coefficient (Wildman–Crippen LogP) is 5.29. The summed E-state index contributed by atoms with van der Waals surface area (Å²) in [6, 6.07) is 11.6. The van der Waals surface area contributed by atoms with Crippen molar-refractivity contribution < 1.29 is 4.39 Å². The molecular formula is C18H15FIN7. The summed E-state index contributed by atoms with van der Waals surface area (Å²) >= 11 is 2.11. The average Bonchev–Trinajstić information content (AvgIpc) is 2.58. The molecule has 27 heavy (non-hydrogen) atoms. The van der Waals surface area contributed by atoms with Crippen LogP contribution in [0.2, 0.25) is 0 Å². The fourth-order valence-corrected chi connectivity index (χ4v) is 3.66. The van der Waals surface area contributed by atoms with Gasteiger partial charge in [0.15, 0.2) is 6.19 Å². The smallest absolute Gasteiger partial charge is 0.210 e. The molecule has 0 unspecified atom stereocenters. The Labute approximate surface area is 169 Å². The lowest BCUT2D eigenvalue weighted by atomic mass is 9.72. The van der Waals surface area contributed by atoms with Gasteiger partial charge in [-0.15, -0.1) is 0 Å². The van der Waals surface area contributed by atoms with Crippen molar-refractivity contribution in [3.05, 3.63) is 67.9 Å². The van der Waals surface area contributed by atoms with Crippen molar-refractivity contribution in [1.82, 2.24) is 5.32 Å². The summed E-state index contributed by atoms with van der Waals surface area (Å²) in [4.78, 5) is 7.51. The molecule has 1 fully saturated rings. The third-order valence-corrected chi connectivity index (χ3v) is 4.97. The quantitative estimate of drug-likeness (QED) is 0.0917. The molecule has 0 aliphatic heterocycles. The summed E-state index contributed by atoms with van der Waals surface area (Å²) in [6.45, 7) is 0. The Balaban J connectivity index is 1.95. The number of anilines is 1. The van der Waals surface area contributed by atoms with Crippen LogP contribution >= 0.6 is 22.6 Å². The molecule has 0 heterocycles. The molecule has 136 valence electrons. The van der Waals surface area contributed by atoms with Crippen molar-refractivity contribution >= 4 is 39.9 Å². The molecule has 3 rings (SSSR count). The molecule has 2 aromatic rings. The van der Waals surface area contributed by atoms with E-state index in [1.807, 2.05) is 18.3 Å². The molecule has 0 radical (unpaired) electrons. The molecule has 7 nitrogen and oxygen atoms in total.